The van der Waals surface area contributed by atoms with Crippen molar-refractivity contribution in [2.24, 2.45) is 0 Å². The minimum absolute atomic E-state index is 0.121. The maximum atomic E-state index is 12.6. The quantitative estimate of drug-likeness (QED) is 0.343. The number of rotatable bonds is 6. The normalized spacial score (nSPS) is 10.9. The van der Waals surface area contributed by atoms with Crippen LogP contribution < -0.4 is 5.32 Å². The van der Waals surface area contributed by atoms with Gasteiger partial charge in [-0.05, 0) is 67.8 Å². The number of hydrogen-bond donors (Lipinski definition) is 1. The van der Waals surface area contributed by atoms with Crippen molar-refractivity contribution in [2.45, 2.75) is 27.3 Å². The van der Waals surface area contributed by atoms with E-state index in [1.54, 1.807) is 6.33 Å². The van der Waals surface area contributed by atoms with Crippen LogP contribution in [-0.2, 0) is 6.54 Å². The standard InChI is InChI=1S/C28H25N5O2/c1-18-5-4-6-22(13-18)26-31-28(35-32-26)25-16-33(17-29-25)15-21-8-11-24(12-9-21)30-27(34)23-10-7-19(2)20(3)14-23/h4-14,16-17H,15H2,1-3H3,(H,30,34). The summed E-state index contributed by atoms with van der Waals surface area (Å²) in [5.41, 5.74) is 7.39. The molecule has 0 atom stereocenters. The van der Waals surface area contributed by atoms with Crippen LogP contribution in [0.2, 0.25) is 0 Å². The van der Waals surface area contributed by atoms with Crippen molar-refractivity contribution in [3.8, 4) is 23.0 Å². The van der Waals surface area contributed by atoms with Gasteiger partial charge in [-0.3, -0.25) is 4.79 Å². The SMILES string of the molecule is Cc1cccc(-c2noc(-c3cn(Cc4ccc(NC(=O)c5ccc(C)c(C)c5)cc4)cn3)n2)c1. The van der Waals surface area contributed by atoms with E-state index in [1.807, 2.05) is 98.3 Å². The molecular formula is C28H25N5O2. The molecule has 0 aliphatic heterocycles. The molecule has 0 radical (unpaired) electrons. The van der Waals surface area contributed by atoms with Crippen LogP contribution in [0.25, 0.3) is 23.0 Å². The fourth-order valence-electron chi connectivity index (χ4n) is 3.78. The van der Waals surface area contributed by atoms with E-state index in [0.29, 0.717) is 29.5 Å². The van der Waals surface area contributed by atoms with Crippen LogP contribution in [0.1, 0.15) is 32.6 Å². The monoisotopic (exact) mass is 463 g/mol. The van der Waals surface area contributed by atoms with Crippen molar-refractivity contribution in [1.82, 2.24) is 19.7 Å². The molecule has 0 bridgehead atoms. The Bertz CT molecular complexity index is 1500. The van der Waals surface area contributed by atoms with Gasteiger partial charge in [-0.25, -0.2) is 4.98 Å². The van der Waals surface area contributed by atoms with E-state index < -0.39 is 0 Å². The van der Waals surface area contributed by atoms with E-state index in [1.165, 1.54) is 5.56 Å². The molecule has 35 heavy (non-hydrogen) atoms. The van der Waals surface area contributed by atoms with Crippen LogP contribution in [0, 0.1) is 20.8 Å². The molecule has 0 unspecified atom stereocenters. The molecule has 7 nitrogen and oxygen atoms in total. The van der Waals surface area contributed by atoms with Crippen LogP contribution in [0.3, 0.4) is 0 Å². The minimum Gasteiger partial charge on any atom is -0.332 e. The van der Waals surface area contributed by atoms with Crippen LogP contribution in [0.5, 0.6) is 0 Å². The zero-order chi connectivity index (χ0) is 24.4. The lowest BCUT2D eigenvalue weighted by atomic mass is 10.1. The van der Waals surface area contributed by atoms with Crippen molar-refractivity contribution in [1.29, 1.82) is 0 Å². The predicted octanol–water partition coefficient (Wildman–Crippen LogP) is 5.83. The zero-order valence-corrected chi connectivity index (χ0v) is 19.8. The molecule has 5 aromatic rings. The number of carbonyl (C=O) groups is 1. The summed E-state index contributed by atoms with van der Waals surface area (Å²) in [7, 11) is 0. The maximum absolute atomic E-state index is 12.6. The van der Waals surface area contributed by atoms with Gasteiger partial charge in [-0.15, -0.1) is 0 Å². The van der Waals surface area contributed by atoms with E-state index in [0.717, 1.165) is 27.9 Å². The summed E-state index contributed by atoms with van der Waals surface area (Å²) in [5.74, 6) is 0.797. The van der Waals surface area contributed by atoms with Crippen LogP contribution in [0.4, 0.5) is 5.69 Å². The van der Waals surface area contributed by atoms with Crippen molar-refractivity contribution in [2.75, 3.05) is 5.32 Å². The van der Waals surface area contributed by atoms with Gasteiger partial charge in [0.15, 0.2) is 0 Å². The average molecular weight is 464 g/mol. The third kappa shape index (κ3) is 5.04. The van der Waals surface area contributed by atoms with E-state index in [-0.39, 0.29) is 5.91 Å². The predicted molar refractivity (Wildman–Crippen MR) is 135 cm³/mol. The number of anilines is 1. The first-order chi connectivity index (χ1) is 16.9. The molecule has 0 aliphatic rings. The number of nitrogens with zero attached hydrogens (tertiary/aromatic N) is 4. The first-order valence-electron chi connectivity index (χ1n) is 11.3. The van der Waals surface area contributed by atoms with Crippen molar-refractivity contribution < 1.29 is 9.32 Å². The molecule has 7 heteroatoms. The van der Waals surface area contributed by atoms with Gasteiger partial charge in [-0.1, -0.05) is 47.1 Å². The first kappa shape index (κ1) is 22.3. The Balaban J connectivity index is 1.23. The minimum atomic E-state index is -0.121. The van der Waals surface area contributed by atoms with Gasteiger partial charge in [0.2, 0.25) is 5.82 Å². The van der Waals surface area contributed by atoms with Gasteiger partial charge >= 0.3 is 0 Å². The van der Waals surface area contributed by atoms with E-state index >= 15 is 0 Å². The summed E-state index contributed by atoms with van der Waals surface area (Å²) in [6.45, 7) is 6.68. The number of carbonyl (C=O) groups excluding carboxylic acids is 1. The molecule has 0 spiro atoms. The largest absolute Gasteiger partial charge is 0.332 e. The van der Waals surface area contributed by atoms with Crippen molar-refractivity contribution in [3.63, 3.8) is 0 Å². The number of amides is 1. The summed E-state index contributed by atoms with van der Waals surface area (Å²) < 4.78 is 7.39. The lowest BCUT2D eigenvalue weighted by molar-refractivity contribution is 0.102. The second-order valence-corrected chi connectivity index (χ2v) is 8.67. The molecule has 0 fully saturated rings. The summed E-state index contributed by atoms with van der Waals surface area (Å²) >= 11 is 0. The Hall–Kier alpha value is -4.52. The van der Waals surface area contributed by atoms with Gasteiger partial charge in [0.25, 0.3) is 11.8 Å². The van der Waals surface area contributed by atoms with E-state index in [9.17, 15) is 4.79 Å². The van der Waals surface area contributed by atoms with Crippen LogP contribution >= 0.6 is 0 Å². The van der Waals surface area contributed by atoms with Gasteiger partial charge in [-0.2, -0.15) is 4.98 Å². The number of aromatic nitrogens is 4. The highest BCUT2D eigenvalue weighted by molar-refractivity contribution is 6.04. The maximum Gasteiger partial charge on any atom is 0.278 e. The summed E-state index contributed by atoms with van der Waals surface area (Å²) in [5, 5.41) is 7.05. The molecule has 0 saturated carbocycles. The third-order valence-corrected chi connectivity index (χ3v) is 5.90. The lowest BCUT2D eigenvalue weighted by Gasteiger charge is -2.08. The molecule has 174 valence electrons. The number of aryl methyl sites for hydroxylation is 3. The Morgan fingerprint density at radius 3 is 2.57 bits per heavy atom. The smallest absolute Gasteiger partial charge is 0.278 e. The van der Waals surface area contributed by atoms with Crippen LogP contribution in [0.15, 0.2) is 83.8 Å². The summed E-state index contributed by atoms with van der Waals surface area (Å²) in [4.78, 5) is 21.5. The highest BCUT2D eigenvalue weighted by Crippen LogP contribution is 2.22. The second kappa shape index (κ2) is 9.38. The number of imidazole rings is 1. The molecular weight excluding hydrogens is 438 g/mol. The average Bonchev–Trinajstić information content (AvgIpc) is 3.52. The highest BCUT2D eigenvalue weighted by atomic mass is 16.5. The second-order valence-electron chi connectivity index (χ2n) is 8.67. The highest BCUT2D eigenvalue weighted by Gasteiger charge is 2.13. The molecule has 3 aromatic carbocycles. The van der Waals surface area contributed by atoms with Crippen molar-refractivity contribution in [3.05, 3.63) is 107 Å². The zero-order valence-electron chi connectivity index (χ0n) is 19.8. The number of benzene rings is 3. The van der Waals surface area contributed by atoms with Gasteiger partial charge in [0.1, 0.15) is 5.69 Å². The van der Waals surface area contributed by atoms with Gasteiger partial charge in [0, 0.05) is 29.6 Å². The third-order valence-electron chi connectivity index (χ3n) is 5.90. The summed E-state index contributed by atoms with van der Waals surface area (Å²) in [6, 6.07) is 21.4. The Kier molecular flexibility index (Phi) is 5.97. The molecule has 2 heterocycles. The van der Waals surface area contributed by atoms with E-state index in [2.05, 4.69) is 20.4 Å². The summed E-state index contributed by atoms with van der Waals surface area (Å²) in [6.07, 6.45) is 3.62. The van der Waals surface area contributed by atoms with Gasteiger partial charge < -0.3 is 14.4 Å². The molecule has 5 rings (SSSR count). The molecule has 1 amide bonds. The Morgan fingerprint density at radius 1 is 0.971 bits per heavy atom. The fourth-order valence-corrected chi connectivity index (χ4v) is 3.78. The van der Waals surface area contributed by atoms with Gasteiger partial charge in [0.05, 0.1) is 6.33 Å². The van der Waals surface area contributed by atoms with E-state index in [4.69, 9.17) is 4.52 Å². The first-order valence-corrected chi connectivity index (χ1v) is 11.3. The number of hydrogen-bond acceptors (Lipinski definition) is 5. The topological polar surface area (TPSA) is 85.8 Å². The molecule has 0 aliphatic carbocycles. The van der Waals surface area contributed by atoms with Crippen LogP contribution in [-0.4, -0.2) is 25.6 Å². The Morgan fingerprint density at radius 2 is 1.80 bits per heavy atom. The molecule has 1 N–H and O–H groups in total. The Labute approximate surface area is 203 Å². The fraction of sp³-hybridized carbons (Fsp3) is 0.143. The molecule has 0 saturated heterocycles. The lowest BCUT2D eigenvalue weighted by Crippen LogP contribution is -2.12. The molecule has 2 aromatic heterocycles. The number of nitrogens with one attached hydrogen (secondary N) is 1. The van der Waals surface area contributed by atoms with Crippen molar-refractivity contribution >= 4 is 11.6 Å².